The van der Waals surface area contributed by atoms with E-state index in [4.69, 9.17) is 25.4 Å². The van der Waals surface area contributed by atoms with E-state index in [-0.39, 0.29) is 0 Å². The monoisotopic (exact) mass is 333 g/mol. The number of benzene rings is 1. The van der Waals surface area contributed by atoms with Gasteiger partial charge in [-0.15, -0.1) is 0 Å². The van der Waals surface area contributed by atoms with E-state index in [1.165, 1.54) is 0 Å². The van der Waals surface area contributed by atoms with Crippen molar-refractivity contribution >= 4 is 24.2 Å². The summed E-state index contributed by atoms with van der Waals surface area (Å²) in [5.74, 6) is 0.676. The molecular formula is C17H21BClNO3. The van der Waals surface area contributed by atoms with Gasteiger partial charge in [0, 0.05) is 5.56 Å². The summed E-state index contributed by atoms with van der Waals surface area (Å²) in [6.07, 6.45) is 0. The molecule has 0 bridgehead atoms. The van der Waals surface area contributed by atoms with Crippen LogP contribution in [0.1, 0.15) is 39.0 Å². The first-order chi connectivity index (χ1) is 10.6. The molecule has 2 aromatic rings. The molecule has 0 amide bonds. The molecule has 0 unspecified atom stereocenters. The molecule has 0 saturated carbocycles. The van der Waals surface area contributed by atoms with Crippen molar-refractivity contribution in [2.45, 2.75) is 52.7 Å². The molecule has 1 saturated heterocycles. The van der Waals surface area contributed by atoms with E-state index in [1.807, 2.05) is 59.7 Å². The highest BCUT2D eigenvalue weighted by Crippen LogP contribution is 2.38. The zero-order chi connectivity index (χ0) is 17.0. The highest BCUT2D eigenvalue weighted by atomic mass is 35.5. The van der Waals surface area contributed by atoms with Crippen molar-refractivity contribution in [1.82, 2.24) is 5.16 Å². The summed E-state index contributed by atoms with van der Waals surface area (Å²) in [4.78, 5) is 0. The Morgan fingerprint density at radius 2 is 1.65 bits per heavy atom. The quantitative estimate of drug-likeness (QED) is 0.782. The van der Waals surface area contributed by atoms with Crippen molar-refractivity contribution in [3.63, 3.8) is 0 Å². The third-order valence-corrected chi connectivity index (χ3v) is 5.09. The maximum absolute atomic E-state index is 6.40. The molecule has 1 fully saturated rings. The maximum atomic E-state index is 6.40. The van der Waals surface area contributed by atoms with Gasteiger partial charge in [-0.05, 0) is 53.2 Å². The van der Waals surface area contributed by atoms with Gasteiger partial charge >= 0.3 is 7.12 Å². The summed E-state index contributed by atoms with van der Waals surface area (Å²) in [7, 11) is -0.529. The van der Waals surface area contributed by atoms with Gasteiger partial charge in [0.15, 0.2) is 0 Å². The minimum atomic E-state index is -0.529. The van der Waals surface area contributed by atoms with Gasteiger partial charge < -0.3 is 13.8 Å². The minimum Gasteiger partial charge on any atom is -0.399 e. The smallest absolute Gasteiger partial charge is 0.399 e. The molecule has 6 heteroatoms. The lowest BCUT2D eigenvalue weighted by atomic mass is 9.76. The summed E-state index contributed by atoms with van der Waals surface area (Å²) in [6.45, 7) is 11.9. The Bertz CT molecular complexity index is 738. The van der Waals surface area contributed by atoms with E-state index in [0.717, 1.165) is 16.6 Å². The Morgan fingerprint density at radius 1 is 1.04 bits per heavy atom. The van der Waals surface area contributed by atoms with Crippen molar-refractivity contribution in [2.75, 3.05) is 0 Å². The topological polar surface area (TPSA) is 44.5 Å². The van der Waals surface area contributed by atoms with Crippen molar-refractivity contribution in [3.05, 3.63) is 34.5 Å². The zero-order valence-corrected chi connectivity index (χ0v) is 15.1. The van der Waals surface area contributed by atoms with E-state index in [9.17, 15) is 0 Å². The molecule has 1 aromatic carbocycles. The molecule has 23 heavy (non-hydrogen) atoms. The van der Waals surface area contributed by atoms with Crippen LogP contribution in [-0.2, 0) is 9.31 Å². The summed E-state index contributed by atoms with van der Waals surface area (Å²) in [5.41, 5.74) is 2.54. The zero-order valence-electron chi connectivity index (χ0n) is 14.4. The molecule has 2 heterocycles. The first-order valence-electron chi connectivity index (χ1n) is 7.71. The summed E-state index contributed by atoms with van der Waals surface area (Å²) in [5, 5.41) is 4.83. The van der Waals surface area contributed by atoms with E-state index in [0.29, 0.717) is 16.5 Å². The normalized spacial score (nSPS) is 19.3. The average molecular weight is 334 g/mol. The number of hydrogen-bond donors (Lipinski definition) is 0. The second kappa shape index (κ2) is 5.37. The number of hydrogen-bond acceptors (Lipinski definition) is 4. The molecule has 1 aliphatic rings. The fourth-order valence-corrected chi connectivity index (χ4v) is 2.95. The largest absolute Gasteiger partial charge is 0.500 e. The van der Waals surface area contributed by atoms with Gasteiger partial charge in [-0.2, -0.15) is 0 Å². The SMILES string of the molecule is Cc1ccc(-c2noc(C)c2B2OC(C)(C)C(C)(C)O2)c(Cl)c1. The predicted molar refractivity (Wildman–Crippen MR) is 92.1 cm³/mol. The Labute approximate surface area is 142 Å². The second-order valence-electron chi connectivity index (χ2n) is 7.07. The lowest BCUT2D eigenvalue weighted by molar-refractivity contribution is 0.00578. The first-order valence-corrected chi connectivity index (χ1v) is 8.08. The summed E-state index contributed by atoms with van der Waals surface area (Å²) >= 11 is 6.40. The van der Waals surface area contributed by atoms with E-state index < -0.39 is 18.3 Å². The Hall–Kier alpha value is -1.30. The molecule has 0 aliphatic carbocycles. The molecule has 1 aromatic heterocycles. The van der Waals surface area contributed by atoms with Crippen LogP contribution in [0.4, 0.5) is 0 Å². The van der Waals surface area contributed by atoms with Crippen LogP contribution in [0, 0.1) is 13.8 Å². The molecule has 4 nitrogen and oxygen atoms in total. The van der Waals surface area contributed by atoms with Crippen LogP contribution in [0.5, 0.6) is 0 Å². The van der Waals surface area contributed by atoms with Crippen LogP contribution in [0.3, 0.4) is 0 Å². The maximum Gasteiger partial charge on any atom is 0.500 e. The number of aryl methyl sites for hydroxylation is 2. The Morgan fingerprint density at radius 3 is 2.22 bits per heavy atom. The van der Waals surface area contributed by atoms with Crippen molar-refractivity contribution in [3.8, 4) is 11.3 Å². The molecule has 122 valence electrons. The van der Waals surface area contributed by atoms with E-state index in [1.54, 1.807) is 0 Å². The molecule has 0 spiro atoms. The first kappa shape index (κ1) is 16.6. The van der Waals surface area contributed by atoms with Crippen molar-refractivity contribution in [2.24, 2.45) is 0 Å². The molecule has 3 rings (SSSR count). The Kier molecular flexibility index (Phi) is 3.86. The van der Waals surface area contributed by atoms with Crippen LogP contribution < -0.4 is 5.46 Å². The standard InChI is InChI=1S/C17H21BClNO3/c1-10-7-8-12(13(19)9-10)15-14(11(2)21-20-15)18-22-16(3,4)17(5,6)23-18/h7-9H,1-6H3. The van der Waals surface area contributed by atoms with Crippen LogP contribution in [-0.4, -0.2) is 23.5 Å². The lowest BCUT2D eigenvalue weighted by Gasteiger charge is -2.32. The third-order valence-electron chi connectivity index (χ3n) is 4.78. The minimum absolute atomic E-state index is 0.421. The highest BCUT2D eigenvalue weighted by Gasteiger charge is 2.53. The van der Waals surface area contributed by atoms with Crippen LogP contribution in [0.15, 0.2) is 22.7 Å². The van der Waals surface area contributed by atoms with Gasteiger partial charge in [0.05, 0.1) is 21.7 Å². The molecule has 0 radical (unpaired) electrons. The van der Waals surface area contributed by atoms with Crippen molar-refractivity contribution in [1.29, 1.82) is 0 Å². The van der Waals surface area contributed by atoms with Gasteiger partial charge in [0.25, 0.3) is 0 Å². The second-order valence-corrected chi connectivity index (χ2v) is 7.48. The van der Waals surface area contributed by atoms with Gasteiger partial charge in [0.1, 0.15) is 11.5 Å². The summed E-state index contributed by atoms with van der Waals surface area (Å²) < 4.78 is 17.7. The number of rotatable bonds is 2. The predicted octanol–water partition coefficient (Wildman–Crippen LogP) is 3.91. The molecule has 1 aliphatic heterocycles. The third kappa shape index (κ3) is 2.71. The van der Waals surface area contributed by atoms with Gasteiger partial charge in [-0.1, -0.05) is 28.9 Å². The van der Waals surface area contributed by atoms with E-state index >= 15 is 0 Å². The lowest BCUT2D eigenvalue weighted by Crippen LogP contribution is -2.41. The molecule has 0 N–H and O–H groups in total. The Balaban J connectivity index is 2.07. The fraction of sp³-hybridized carbons (Fsp3) is 0.471. The van der Waals surface area contributed by atoms with E-state index in [2.05, 4.69) is 5.16 Å². The number of aromatic nitrogens is 1. The molecular weight excluding hydrogens is 312 g/mol. The van der Waals surface area contributed by atoms with Crippen LogP contribution in [0.25, 0.3) is 11.3 Å². The van der Waals surface area contributed by atoms with Gasteiger partial charge in [-0.25, -0.2) is 0 Å². The average Bonchev–Trinajstić information content (AvgIpc) is 2.87. The molecule has 0 atom stereocenters. The van der Waals surface area contributed by atoms with Crippen molar-refractivity contribution < 1.29 is 13.8 Å². The number of halogens is 1. The fourth-order valence-electron chi connectivity index (χ4n) is 2.62. The van der Waals surface area contributed by atoms with Crippen LogP contribution in [0.2, 0.25) is 5.02 Å². The van der Waals surface area contributed by atoms with Gasteiger partial charge in [-0.3, -0.25) is 0 Å². The number of nitrogens with zero attached hydrogens (tertiary/aromatic N) is 1. The van der Waals surface area contributed by atoms with Crippen LogP contribution >= 0.6 is 11.6 Å². The van der Waals surface area contributed by atoms with Gasteiger partial charge in [0.2, 0.25) is 0 Å². The highest BCUT2D eigenvalue weighted by molar-refractivity contribution is 6.64. The summed E-state index contributed by atoms with van der Waals surface area (Å²) in [6, 6.07) is 5.86.